The van der Waals surface area contributed by atoms with Gasteiger partial charge in [0.1, 0.15) is 11.4 Å². The number of fused-ring (bicyclic) bond motifs is 1. The molecular formula is C22H20N2O4. The maximum atomic E-state index is 13.3. The van der Waals surface area contributed by atoms with Crippen molar-refractivity contribution in [1.82, 2.24) is 4.90 Å². The van der Waals surface area contributed by atoms with Gasteiger partial charge in [-0.15, -0.1) is 0 Å². The van der Waals surface area contributed by atoms with E-state index in [2.05, 4.69) is 5.32 Å². The molecular weight excluding hydrogens is 356 g/mol. The number of likely N-dealkylation sites (tertiary alicyclic amines) is 1. The Hall–Kier alpha value is -3.41. The average molecular weight is 376 g/mol. The Morgan fingerprint density at radius 2 is 1.46 bits per heavy atom. The van der Waals surface area contributed by atoms with Gasteiger partial charge in [0, 0.05) is 24.2 Å². The molecule has 2 aromatic rings. The van der Waals surface area contributed by atoms with E-state index in [1.807, 2.05) is 4.90 Å². The number of piperidine rings is 1. The summed E-state index contributed by atoms with van der Waals surface area (Å²) in [5.41, 5.74) is 1.56. The Balaban J connectivity index is 1.85. The van der Waals surface area contributed by atoms with Crippen LogP contribution in [-0.4, -0.2) is 40.6 Å². The summed E-state index contributed by atoms with van der Waals surface area (Å²) in [5.74, 6) is -1.60. The van der Waals surface area contributed by atoms with Gasteiger partial charge in [-0.2, -0.15) is 0 Å². The van der Waals surface area contributed by atoms with Crippen LogP contribution >= 0.6 is 0 Å². The van der Waals surface area contributed by atoms with E-state index >= 15 is 0 Å². The lowest BCUT2D eigenvalue weighted by atomic mass is 9.88. The third-order valence-corrected chi connectivity index (χ3v) is 5.18. The number of ketones is 2. The first-order valence-electron chi connectivity index (χ1n) is 9.35. The second kappa shape index (κ2) is 7.31. The number of carbonyl (C=O) groups is 3. The van der Waals surface area contributed by atoms with Gasteiger partial charge in [0.05, 0.1) is 11.3 Å². The van der Waals surface area contributed by atoms with Crippen molar-refractivity contribution in [2.24, 2.45) is 0 Å². The SMILES string of the molecule is O=C(O)c1ccccc1NC1=C(N2CCCCC2)C(=O)c2ccccc2C1=O. The summed E-state index contributed by atoms with van der Waals surface area (Å²) in [5, 5.41) is 12.5. The highest BCUT2D eigenvalue weighted by Crippen LogP contribution is 2.31. The van der Waals surface area contributed by atoms with Crippen LogP contribution in [0.1, 0.15) is 50.3 Å². The molecule has 6 nitrogen and oxygen atoms in total. The Morgan fingerprint density at radius 3 is 2.14 bits per heavy atom. The topological polar surface area (TPSA) is 86.7 Å². The zero-order valence-electron chi connectivity index (χ0n) is 15.3. The normalized spacial score (nSPS) is 16.8. The van der Waals surface area contributed by atoms with E-state index < -0.39 is 5.97 Å². The molecule has 0 aromatic heterocycles. The number of benzene rings is 2. The summed E-state index contributed by atoms with van der Waals surface area (Å²) in [6, 6.07) is 13.2. The molecule has 0 unspecified atom stereocenters. The zero-order valence-corrected chi connectivity index (χ0v) is 15.3. The number of allylic oxidation sites excluding steroid dienone is 2. The highest BCUT2D eigenvalue weighted by atomic mass is 16.4. The molecule has 1 heterocycles. The van der Waals surface area contributed by atoms with Crippen molar-refractivity contribution in [2.75, 3.05) is 18.4 Å². The molecule has 2 aromatic carbocycles. The summed E-state index contributed by atoms with van der Waals surface area (Å²) in [7, 11) is 0. The molecule has 0 bridgehead atoms. The number of para-hydroxylation sites is 1. The molecule has 0 spiro atoms. The van der Waals surface area contributed by atoms with Crippen LogP contribution < -0.4 is 5.32 Å². The molecule has 1 saturated heterocycles. The van der Waals surface area contributed by atoms with Crippen LogP contribution in [0.2, 0.25) is 0 Å². The Kier molecular flexibility index (Phi) is 4.69. The first kappa shape index (κ1) is 18.0. The number of carbonyl (C=O) groups excluding carboxylic acids is 2. The van der Waals surface area contributed by atoms with Gasteiger partial charge in [-0.3, -0.25) is 9.59 Å². The number of hydrogen-bond acceptors (Lipinski definition) is 5. The summed E-state index contributed by atoms with van der Waals surface area (Å²) in [4.78, 5) is 40.0. The quantitative estimate of drug-likeness (QED) is 0.848. The van der Waals surface area contributed by atoms with E-state index in [9.17, 15) is 19.5 Å². The molecule has 1 aliphatic heterocycles. The van der Waals surface area contributed by atoms with Crippen LogP contribution in [0.25, 0.3) is 0 Å². The number of nitrogens with zero attached hydrogens (tertiary/aromatic N) is 1. The van der Waals surface area contributed by atoms with E-state index in [0.29, 0.717) is 35.6 Å². The number of Topliss-reactive ketones (excluding diaryl/α,β-unsaturated/α-hetero) is 2. The van der Waals surface area contributed by atoms with Crippen molar-refractivity contribution in [3.63, 3.8) is 0 Å². The van der Waals surface area contributed by atoms with Gasteiger partial charge >= 0.3 is 5.97 Å². The maximum absolute atomic E-state index is 13.3. The molecule has 0 amide bonds. The number of carboxylic acids is 1. The highest BCUT2D eigenvalue weighted by molar-refractivity contribution is 6.27. The minimum atomic E-state index is -1.10. The molecule has 2 N–H and O–H groups in total. The fourth-order valence-electron chi connectivity index (χ4n) is 3.81. The van der Waals surface area contributed by atoms with Crippen LogP contribution in [0.5, 0.6) is 0 Å². The second-order valence-electron chi connectivity index (χ2n) is 6.95. The largest absolute Gasteiger partial charge is 0.478 e. The van der Waals surface area contributed by atoms with Gasteiger partial charge in [0.2, 0.25) is 11.6 Å². The van der Waals surface area contributed by atoms with Gasteiger partial charge < -0.3 is 15.3 Å². The van der Waals surface area contributed by atoms with Gasteiger partial charge in [-0.25, -0.2) is 4.79 Å². The number of nitrogens with one attached hydrogen (secondary N) is 1. The fraction of sp³-hybridized carbons (Fsp3) is 0.227. The molecule has 1 aliphatic carbocycles. The molecule has 1 fully saturated rings. The molecule has 28 heavy (non-hydrogen) atoms. The first-order valence-corrected chi connectivity index (χ1v) is 9.35. The van der Waals surface area contributed by atoms with Crippen LogP contribution in [-0.2, 0) is 0 Å². The van der Waals surface area contributed by atoms with Crippen molar-refractivity contribution in [1.29, 1.82) is 0 Å². The molecule has 0 radical (unpaired) electrons. The van der Waals surface area contributed by atoms with E-state index in [1.54, 1.807) is 42.5 Å². The first-order chi connectivity index (χ1) is 13.6. The predicted molar refractivity (Wildman–Crippen MR) is 105 cm³/mol. The van der Waals surface area contributed by atoms with Crippen molar-refractivity contribution < 1.29 is 19.5 Å². The smallest absolute Gasteiger partial charge is 0.337 e. The Labute approximate surface area is 162 Å². The van der Waals surface area contributed by atoms with E-state index in [0.717, 1.165) is 19.3 Å². The number of aromatic carboxylic acids is 1. The van der Waals surface area contributed by atoms with Crippen LogP contribution in [0.15, 0.2) is 59.9 Å². The van der Waals surface area contributed by atoms with Gasteiger partial charge in [0.15, 0.2) is 0 Å². The third-order valence-electron chi connectivity index (χ3n) is 5.18. The van der Waals surface area contributed by atoms with E-state index in [1.165, 1.54) is 6.07 Å². The Bertz CT molecular complexity index is 1000. The number of carboxylic acid groups (broad SMARTS) is 1. The summed E-state index contributed by atoms with van der Waals surface area (Å²) >= 11 is 0. The molecule has 2 aliphatic rings. The highest BCUT2D eigenvalue weighted by Gasteiger charge is 2.36. The van der Waals surface area contributed by atoms with Gasteiger partial charge in [-0.05, 0) is 31.4 Å². The zero-order chi connectivity index (χ0) is 19.7. The molecule has 6 heteroatoms. The lowest BCUT2D eigenvalue weighted by Gasteiger charge is -2.34. The van der Waals surface area contributed by atoms with Crippen LogP contribution in [0, 0.1) is 0 Å². The summed E-state index contributed by atoms with van der Waals surface area (Å²) in [6.07, 6.45) is 2.99. The van der Waals surface area contributed by atoms with Gasteiger partial charge in [0.25, 0.3) is 0 Å². The maximum Gasteiger partial charge on any atom is 0.337 e. The molecule has 0 saturated carbocycles. The van der Waals surface area contributed by atoms with Crippen molar-refractivity contribution in [3.8, 4) is 0 Å². The van der Waals surface area contributed by atoms with Crippen molar-refractivity contribution >= 4 is 23.2 Å². The summed E-state index contributed by atoms with van der Waals surface area (Å²) in [6.45, 7) is 1.39. The van der Waals surface area contributed by atoms with Crippen molar-refractivity contribution in [2.45, 2.75) is 19.3 Å². The number of anilines is 1. The standard InChI is InChI=1S/C22H20N2O4/c25-20-14-8-2-3-9-15(14)21(26)19(24-12-6-1-7-13-24)18(20)23-17-11-5-4-10-16(17)22(27)28/h2-5,8-11,23H,1,6-7,12-13H2,(H,27,28). The van der Waals surface area contributed by atoms with E-state index in [-0.39, 0.29) is 22.8 Å². The number of hydrogen-bond donors (Lipinski definition) is 2. The second-order valence-corrected chi connectivity index (χ2v) is 6.95. The average Bonchev–Trinajstić information content (AvgIpc) is 2.73. The summed E-state index contributed by atoms with van der Waals surface area (Å²) < 4.78 is 0. The molecule has 4 rings (SSSR count). The van der Waals surface area contributed by atoms with Crippen molar-refractivity contribution in [3.05, 3.63) is 76.6 Å². The minimum Gasteiger partial charge on any atom is -0.478 e. The molecule has 0 atom stereocenters. The number of rotatable bonds is 4. The van der Waals surface area contributed by atoms with Crippen LogP contribution in [0.4, 0.5) is 5.69 Å². The van der Waals surface area contributed by atoms with Gasteiger partial charge in [-0.1, -0.05) is 36.4 Å². The Morgan fingerprint density at radius 1 is 0.857 bits per heavy atom. The lowest BCUT2D eigenvalue weighted by molar-refractivity contribution is 0.0697. The monoisotopic (exact) mass is 376 g/mol. The third kappa shape index (κ3) is 3.07. The lowest BCUT2D eigenvalue weighted by Crippen LogP contribution is -2.39. The predicted octanol–water partition coefficient (Wildman–Crippen LogP) is 3.57. The van der Waals surface area contributed by atoms with Crippen LogP contribution in [0.3, 0.4) is 0 Å². The molecule has 142 valence electrons. The minimum absolute atomic E-state index is 0.0482. The fourth-order valence-corrected chi connectivity index (χ4v) is 3.81. The van der Waals surface area contributed by atoms with E-state index in [4.69, 9.17) is 0 Å².